The Bertz CT molecular complexity index is 558. The maximum Gasteiger partial charge on any atom is 0.0931 e. The zero-order valence-corrected chi connectivity index (χ0v) is 14.0. The molecule has 1 N–H and O–H groups in total. The maximum absolute atomic E-state index is 10.4. The molecule has 1 aliphatic rings. The second kappa shape index (κ2) is 7.22. The van der Waals surface area contributed by atoms with E-state index in [1.807, 2.05) is 23.6 Å². The Balaban J connectivity index is 1.63. The Morgan fingerprint density at radius 1 is 1.43 bits per heavy atom. The van der Waals surface area contributed by atoms with Crippen LogP contribution in [0.2, 0.25) is 4.34 Å². The lowest BCUT2D eigenvalue weighted by Crippen LogP contribution is -2.45. The predicted octanol–water partition coefficient (Wildman–Crippen LogP) is 3.79. The van der Waals surface area contributed by atoms with Crippen molar-refractivity contribution in [2.45, 2.75) is 25.1 Å². The Morgan fingerprint density at radius 2 is 2.33 bits per heavy atom. The molecule has 2 atom stereocenters. The topological polar surface area (TPSA) is 32.7 Å². The molecule has 1 saturated heterocycles. The van der Waals surface area contributed by atoms with Gasteiger partial charge in [0.25, 0.3) is 0 Å². The van der Waals surface area contributed by atoms with Crippen LogP contribution in [0.25, 0.3) is 0 Å². The van der Waals surface area contributed by atoms with Crippen molar-refractivity contribution in [3.05, 3.63) is 43.7 Å². The first kappa shape index (κ1) is 15.5. The lowest BCUT2D eigenvalue weighted by atomic mass is 10.1. The summed E-state index contributed by atoms with van der Waals surface area (Å²) < 4.78 is 6.43. The van der Waals surface area contributed by atoms with E-state index in [0.717, 1.165) is 28.9 Å². The molecule has 0 spiro atoms. The van der Waals surface area contributed by atoms with Crippen LogP contribution in [0, 0.1) is 0 Å². The van der Waals surface area contributed by atoms with E-state index in [2.05, 4.69) is 11.0 Å². The molecule has 0 radical (unpaired) electrons. The van der Waals surface area contributed by atoms with Crippen LogP contribution in [-0.4, -0.2) is 35.8 Å². The van der Waals surface area contributed by atoms with E-state index in [1.165, 1.54) is 4.88 Å². The highest BCUT2D eigenvalue weighted by Crippen LogP contribution is 2.28. The van der Waals surface area contributed by atoms with Gasteiger partial charge in [0.2, 0.25) is 0 Å². The largest absolute Gasteiger partial charge is 0.388 e. The van der Waals surface area contributed by atoms with E-state index >= 15 is 0 Å². The van der Waals surface area contributed by atoms with Crippen LogP contribution in [0.15, 0.2) is 29.6 Å². The van der Waals surface area contributed by atoms with Gasteiger partial charge in [-0.2, -0.15) is 0 Å². The molecule has 2 aromatic rings. The summed E-state index contributed by atoms with van der Waals surface area (Å²) in [6, 6.07) is 8.23. The fourth-order valence-electron chi connectivity index (χ4n) is 2.61. The van der Waals surface area contributed by atoms with Crippen molar-refractivity contribution >= 4 is 34.3 Å². The first-order valence-electron chi connectivity index (χ1n) is 7.00. The van der Waals surface area contributed by atoms with E-state index in [1.54, 1.807) is 22.7 Å². The van der Waals surface area contributed by atoms with Crippen LogP contribution in [0.4, 0.5) is 0 Å². The number of aliphatic hydroxyl groups excluding tert-OH is 1. The Hall–Kier alpha value is -0.430. The normalized spacial score (nSPS) is 21.5. The highest BCUT2D eigenvalue weighted by Gasteiger charge is 2.26. The van der Waals surface area contributed by atoms with Crippen LogP contribution in [0.5, 0.6) is 0 Å². The van der Waals surface area contributed by atoms with Gasteiger partial charge in [0.15, 0.2) is 0 Å². The number of nitrogens with zero attached hydrogens (tertiary/aromatic N) is 1. The summed E-state index contributed by atoms with van der Waals surface area (Å²) in [5.41, 5.74) is 0. The number of morpholine rings is 1. The highest BCUT2D eigenvalue weighted by atomic mass is 35.5. The molecule has 0 bridgehead atoms. The zero-order chi connectivity index (χ0) is 14.7. The van der Waals surface area contributed by atoms with Crippen molar-refractivity contribution in [2.24, 2.45) is 0 Å². The molecule has 0 aliphatic carbocycles. The molecule has 2 aromatic heterocycles. The number of hydrogen-bond acceptors (Lipinski definition) is 5. The van der Waals surface area contributed by atoms with Crippen LogP contribution < -0.4 is 0 Å². The minimum atomic E-state index is -0.411. The summed E-state index contributed by atoms with van der Waals surface area (Å²) in [5, 5.41) is 12.4. The van der Waals surface area contributed by atoms with Gasteiger partial charge in [-0.25, -0.2) is 0 Å². The molecule has 1 fully saturated rings. The van der Waals surface area contributed by atoms with E-state index < -0.39 is 6.10 Å². The van der Waals surface area contributed by atoms with Crippen molar-refractivity contribution < 1.29 is 9.84 Å². The molecular formula is C15H18ClNO2S2. The number of hydrogen-bond donors (Lipinski definition) is 1. The Morgan fingerprint density at radius 3 is 3.05 bits per heavy atom. The van der Waals surface area contributed by atoms with Gasteiger partial charge in [-0.3, -0.25) is 4.90 Å². The van der Waals surface area contributed by atoms with Crippen LogP contribution >= 0.6 is 34.3 Å². The van der Waals surface area contributed by atoms with Gasteiger partial charge < -0.3 is 9.84 Å². The number of aliphatic hydroxyl groups is 1. The summed E-state index contributed by atoms with van der Waals surface area (Å²) in [6.07, 6.45) is 0.297. The second-order valence-electron chi connectivity index (χ2n) is 5.17. The molecule has 3 nitrogen and oxygen atoms in total. The van der Waals surface area contributed by atoms with Crippen LogP contribution in [-0.2, 0) is 11.3 Å². The standard InChI is InChI=1S/C15H18ClNO2S2/c16-15-4-3-12(21-15)9-17-5-6-19-10-11(17)8-13(18)14-2-1-7-20-14/h1-4,7,11,13,18H,5-6,8-10H2. The monoisotopic (exact) mass is 343 g/mol. The summed E-state index contributed by atoms with van der Waals surface area (Å²) in [4.78, 5) is 4.68. The average Bonchev–Trinajstić information content (AvgIpc) is 3.13. The van der Waals surface area contributed by atoms with E-state index in [4.69, 9.17) is 16.3 Å². The predicted molar refractivity (Wildman–Crippen MR) is 88.2 cm³/mol. The average molecular weight is 344 g/mol. The molecule has 0 amide bonds. The molecule has 114 valence electrons. The van der Waals surface area contributed by atoms with Gasteiger partial charge in [-0.15, -0.1) is 22.7 Å². The van der Waals surface area contributed by atoms with Crippen molar-refractivity contribution in [1.82, 2.24) is 4.90 Å². The SMILES string of the molecule is OC(CC1COCCN1Cc1ccc(Cl)s1)c1cccs1. The van der Waals surface area contributed by atoms with E-state index in [-0.39, 0.29) is 6.04 Å². The first-order chi connectivity index (χ1) is 10.2. The molecule has 21 heavy (non-hydrogen) atoms. The maximum atomic E-state index is 10.4. The fraction of sp³-hybridized carbons (Fsp3) is 0.467. The van der Waals surface area contributed by atoms with Crippen LogP contribution in [0.3, 0.4) is 0 Å². The minimum absolute atomic E-state index is 0.247. The van der Waals surface area contributed by atoms with Crippen molar-refractivity contribution in [3.8, 4) is 0 Å². The van der Waals surface area contributed by atoms with E-state index in [0.29, 0.717) is 13.0 Å². The van der Waals surface area contributed by atoms with Crippen LogP contribution in [0.1, 0.15) is 22.3 Å². The molecule has 1 aliphatic heterocycles. The third kappa shape index (κ3) is 4.06. The molecular weight excluding hydrogens is 326 g/mol. The molecule has 2 unspecified atom stereocenters. The van der Waals surface area contributed by atoms with Gasteiger partial charge in [-0.05, 0) is 30.0 Å². The van der Waals surface area contributed by atoms with Gasteiger partial charge in [0.05, 0.1) is 23.7 Å². The van der Waals surface area contributed by atoms with Crippen molar-refractivity contribution in [1.29, 1.82) is 0 Å². The Labute approximate surface area is 137 Å². The van der Waals surface area contributed by atoms with E-state index in [9.17, 15) is 5.11 Å². The second-order valence-corrected chi connectivity index (χ2v) is 7.95. The number of thiophene rings is 2. The third-order valence-corrected chi connectivity index (χ3v) is 5.89. The van der Waals surface area contributed by atoms with Crippen molar-refractivity contribution in [2.75, 3.05) is 19.8 Å². The Kier molecular flexibility index (Phi) is 5.32. The fourth-order valence-corrected chi connectivity index (χ4v) is 4.44. The number of halogens is 1. The van der Waals surface area contributed by atoms with Gasteiger partial charge >= 0.3 is 0 Å². The summed E-state index contributed by atoms with van der Waals surface area (Å²) in [6.45, 7) is 3.21. The summed E-state index contributed by atoms with van der Waals surface area (Å²) >= 11 is 9.23. The van der Waals surface area contributed by atoms with Crippen molar-refractivity contribution in [3.63, 3.8) is 0 Å². The quantitative estimate of drug-likeness (QED) is 0.896. The zero-order valence-electron chi connectivity index (χ0n) is 11.6. The smallest absolute Gasteiger partial charge is 0.0931 e. The van der Waals surface area contributed by atoms with Gasteiger partial charge in [-0.1, -0.05) is 17.7 Å². The lowest BCUT2D eigenvalue weighted by Gasteiger charge is -2.36. The number of rotatable bonds is 5. The summed E-state index contributed by atoms with van der Waals surface area (Å²) in [7, 11) is 0. The molecule has 0 saturated carbocycles. The molecule has 3 heterocycles. The van der Waals surface area contributed by atoms with Gasteiger partial charge in [0.1, 0.15) is 0 Å². The first-order valence-corrected chi connectivity index (χ1v) is 9.07. The third-order valence-electron chi connectivity index (χ3n) is 3.70. The van der Waals surface area contributed by atoms with Gasteiger partial charge in [0, 0.05) is 28.9 Å². The highest BCUT2D eigenvalue weighted by molar-refractivity contribution is 7.16. The molecule has 6 heteroatoms. The molecule has 3 rings (SSSR count). The molecule has 0 aromatic carbocycles. The lowest BCUT2D eigenvalue weighted by molar-refractivity contribution is -0.0292. The number of ether oxygens (including phenoxy) is 1. The minimum Gasteiger partial charge on any atom is -0.388 e. The summed E-state index contributed by atoms with van der Waals surface area (Å²) in [5.74, 6) is 0.